The molecule has 1 heterocycles. The SMILES string of the molecule is CN(C)c1ccc(CNC(=O)CN2C(=O)N[C@]3(CCc4ccccc43)C2=O)cc1. The van der Waals surface area contributed by atoms with Gasteiger partial charge in [-0.2, -0.15) is 0 Å². The number of fused-ring (bicyclic) bond motifs is 2. The summed E-state index contributed by atoms with van der Waals surface area (Å²) in [5, 5.41) is 5.62. The van der Waals surface area contributed by atoms with Crippen molar-refractivity contribution in [1.82, 2.24) is 15.5 Å². The lowest BCUT2D eigenvalue weighted by Gasteiger charge is -2.22. The largest absolute Gasteiger partial charge is 0.378 e. The molecule has 150 valence electrons. The fourth-order valence-corrected chi connectivity index (χ4v) is 4.05. The molecule has 2 N–H and O–H groups in total. The van der Waals surface area contributed by atoms with Crippen LogP contribution in [0, 0.1) is 0 Å². The Labute approximate surface area is 169 Å². The molecule has 1 fully saturated rings. The van der Waals surface area contributed by atoms with E-state index < -0.39 is 11.6 Å². The molecule has 0 aromatic heterocycles. The zero-order valence-corrected chi connectivity index (χ0v) is 16.6. The standard InChI is InChI=1S/C22H24N4O3/c1-25(2)17-9-7-15(8-10-17)13-23-19(27)14-26-20(28)22(24-21(26)29)12-11-16-5-3-4-6-18(16)22/h3-10H,11-14H2,1-2H3,(H,23,27)(H,24,29)/t22-/m0/s1. The highest BCUT2D eigenvalue weighted by Gasteiger charge is 2.55. The van der Waals surface area contributed by atoms with Crippen LogP contribution in [0.5, 0.6) is 0 Å². The maximum absolute atomic E-state index is 13.1. The number of carbonyl (C=O) groups excluding carboxylic acids is 3. The number of benzene rings is 2. The molecule has 0 radical (unpaired) electrons. The van der Waals surface area contributed by atoms with Gasteiger partial charge in [-0.15, -0.1) is 0 Å². The Hall–Kier alpha value is -3.35. The van der Waals surface area contributed by atoms with Crippen molar-refractivity contribution in [2.75, 3.05) is 25.5 Å². The van der Waals surface area contributed by atoms with E-state index in [0.29, 0.717) is 13.0 Å². The van der Waals surface area contributed by atoms with E-state index in [4.69, 9.17) is 0 Å². The van der Waals surface area contributed by atoms with Gasteiger partial charge >= 0.3 is 6.03 Å². The highest BCUT2D eigenvalue weighted by Crippen LogP contribution is 2.41. The van der Waals surface area contributed by atoms with E-state index in [-0.39, 0.29) is 18.4 Å². The van der Waals surface area contributed by atoms with Gasteiger partial charge < -0.3 is 15.5 Å². The van der Waals surface area contributed by atoms with Crippen molar-refractivity contribution in [1.29, 1.82) is 0 Å². The normalized spacial score (nSPS) is 20.0. The molecule has 1 spiro atoms. The summed E-state index contributed by atoms with van der Waals surface area (Å²) >= 11 is 0. The van der Waals surface area contributed by atoms with Crippen molar-refractivity contribution in [2.45, 2.75) is 24.9 Å². The van der Waals surface area contributed by atoms with Gasteiger partial charge in [0.1, 0.15) is 12.1 Å². The van der Waals surface area contributed by atoms with Gasteiger partial charge in [-0.1, -0.05) is 36.4 Å². The zero-order chi connectivity index (χ0) is 20.6. The fraction of sp³-hybridized carbons (Fsp3) is 0.318. The molecule has 1 atom stereocenters. The number of hydrogen-bond acceptors (Lipinski definition) is 4. The molecule has 2 aliphatic rings. The number of rotatable bonds is 5. The van der Waals surface area contributed by atoms with Gasteiger partial charge in [-0.3, -0.25) is 14.5 Å². The van der Waals surface area contributed by atoms with Crippen molar-refractivity contribution in [3.8, 4) is 0 Å². The van der Waals surface area contributed by atoms with Crippen molar-refractivity contribution >= 4 is 23.5 Å². The number of imide groups is 1. The molecule has 29 heavy (non-hydrogen) atoms. The van der Waals surface area contributed by atoms with Gasteiger partial charge in [0.25, 0.3) is 5.91 Å². The van der Waals surface area contributed by atoms with Crippen LogP contribution in [0.15, 0.2) is 48.5 Å². The third-order valence-electron chi connectivity index (χ3n) is 5.67. The molecule has 7 nitrogen and oxygen atoms in total. The number of nitrogens with one attached hydrogen (secondary N) is 2. The van der Waals surface area contributed by atoms with E-state index in [1.54, 1.807) is 0 Å². The smallest absolute Gasteiger partial charge is 0.325 e. The predicted molar refractivity (Wildman–Crippen MR) is 109 cm³/mol. The lowest BCUT2D eigenvalue weighted by Crippen LogP contribution is -2.43. The highest BCUT2D eigenvalue weighted by molar-refractivity contribution is 6.09. The molecule has 2 aromatic rings. The maximum Gasteiger partial charge on any atom is 0.325 e. The molecule has 4 amide bonds. The second-order valence-electron chi connectivity index (χ2n) is 7.72. The summed E-state index contributed by atoms with van der Waals surface area (Å²) < 4.78 is 0. The summed E-state index contributed by atoms with van der Waals surface area (Å²) in [5.74, 6) is -0.716. The van der Waals surface area contributed by atoms with Gasteiger partial charge in [0, 0.05) is 26.3 Å². The van der Waals surface area contributed by atoms with Crippen molar-refractivity contribution in [3.05, 3.63) is 65.2 Å². The molecular formula is C22H24N4O3. The molecule has 1 saturated heterocycles. The Bertz CT molecular complexity index is 970. The minimum absolute atomic E-state index is 0.287. The van der Waals surface area contributed by atoms with Crippen LogP contribution in [0.2, 0.25) is 0 Å². The maximum atomic E-state index is 13.1. The minimum Gasteiger partial charge on any atom is -0.378 e. The first-order chi connectivity index (χ1) is 13.9. The number of carbonyl (C=O) groups is 3. The monoisotopic (exact) mass is 392 g/mol. The van der Waals surface area contributed by atoms with Crippen LogP contribution >= 0.6 is 0 Å². The first-order valence-electron chi connectivity index (χ1n) is 9.66. The van der Waals surface area contributed by atoms with Crippen LogP contribution in [0.3, 0.4) is 0 Å². The third kappa shape index (κ3) is 3.33. The van der Waals surface area contributed by atoms with Crippen molar-refractivity contribution in [3.63, 3.8) is 0 Å². The summed E-state index contributed by atoms with van der Waals surface area (Å²) in [4.78, 5) is 41.0. The number of hydrogen-bond donors (Lipinski definition) is 2. The summed E-state index contributed by atoms with van der Waals surface area (Å²) in [6, 6.07) is 14.9. The van der Waals surface area contributed by atoms with E-state index in [1.165, 1.54) is 0 Å². The minimum atomic E-state index is -1.03. The van der Waals surface area contributed by atoms with Crippen molar-refractivity contribution in [2.24, 2.45) is 0 Å². The quantitative estimate of drug-likeness (QED) is 0.760. The number of nitrogens with zero attached hydrogens (tertiary/aromatic N) is 2. The Kier molecular flexibility index (Phi) is 4.74. The van der Waals surface area contributed by atoms with Gasteiger partial charge in [0.2, 0.25) is 5.91 Å². The highest BCUT2D eigenvalue weighted by atomic mass is 16.2. The Morgan fingerprint density at radius 2 is 1.86 bits per heavy atom. The van der Waals surface area contributed by atoms with Gasteiger partial charge in [-0.25, -0.2) is 4.79 Å². The van der Waals surface area contributed by atoms with Gasteiger partial charge in [-0.05, 0) is 41.7 Å². The van der Waals surface area contributed by atoms with Crippen molar-refractivity contribution < 1.29 is 14.4 Å². The van der Waals surface area contributed by atoms with E-state index in [2.05, 4.69) is 10.6 Å². The van der Waals surface area contributed by atoms with Gasteiger partial charge in [0.15, 0.2) is 0 Å². The van der Waals surface area contributed by atoms with Crippen LogP contribution in [-0.4, -0.2) is 43.4 Å². The van der Waals surface area contributed by atoms with Crippen LogP contribution in [-0.2, 0) is 28.1 Å². The summed E-state index contributed by atoms with van der Waals surface area (Å²) in [7, 11) is 3.93. The average molecular weight is 392 g/mol. The molecule has 0 bridgehead atoms. The summed E-state index contributed by atoms with van der Waals surface area (Å²) in [6.45, 7) is 0.0501. The first-order valence-corrected chi connectivity index (χ1v) is 9.66. The van der Waals surface area contributed by atoms with E-state index in [1.807, 2.05) is 67.5 Å². The summed E-state index contributed by atoms with van der Waals surface area (Å²) in [6.07, 6.45) is 1.25. The predicted octanol–water partition coefficient (Wildman–Crippen LogP) is 1.76. The first kappa shape index (κ1) is 19.0. The van der Waals surface area contributed by atoms with E-state index >= 15 is 0 Å². The topological polar surface area (TPSA) is 81.8 Å². The van der Waals surface area contributed by atoms with Crippen LogP contribution in [0.4, 0.5) is 10.5 Å². The number of urea groups is 1. The molecular weight excluding hydrogens is 368 g/mol. The molecule has 1 aliphatic carbocycles. The summed E-state index contributed by atoms with van der Waals surface area (Å²) in [5.41, 5.74) is 2.88. The van der Waals surface area contributed by atoms with Crippen LogP contribution < -0.4 is 15.5 Å². The molecule has 1 aliphatic heterocycles. The van der Waals surface area contributed by atoms with E-state index in [9.17, 15) is 14.4 Å². The lowest BCUT2D eigenvalue weighted by atomic mass is 9.92. The van der Waals surface area contributed by atoms with Crippen LogP contribution in [0.25, 0.3) is 0 Å². The second-order valence-corrected chi connectivity index (χ2v) is 7.72. The molecule has 2 aromatic carbocycles. The lowest BCUT2D eigenvalue weighted by molar-refractivity contribution is -0.135. The number of aryl methyl sites for hydroxylation is 1. The Balaban J connectivity index is 1.40. The van der Waals surface area contributed by atoms with E-state index in [0.717, 1.165) is 33.7 Å². The third-order valence-corrected chi connectivity index (χ3v) is 5.67. The fourth-order valence-electron chi connectivity index (χ4n) is 4.05. The number of amides is 4. The van der Waals surface area contributed by atoms with Gasteiger partial charge in [0.05, 0.1) is 0 Å². The van der Waals surface area contributed by atoms with Crippen LogP contribution in [0.1, 0.15) is 23.1 Å². The Morgan fingerprint density at radius 1 is 1.14 bits per heavy atom. The number of anilines is 1. The molecule has 4 rings (SSSR count). The average Bonchev–Trinajstić information content (AvgIpc) is 3.20. The zero-order valence-electron chi connectivity index (χ0n) is 16.6. The Morgan fingerprint density at radius 3 is 2.59 bits per heavy atom. The molecule has 0 unspecified atom stereocenters. The molecule has 7 heteroatoms. The second kappa shape index (κ2) is 7.24. The molecule has 0 saturated carbocycles.